The largest absolute Gasteiger partial charge is 0.375 e. The average Bonchev–Trinajstić information content (AvgIpc) is 2.48. The van der Waals surface area contributed by atoms with Crippen LogP contribution in [0, 0.1) is 11.3 Å². The zero-order chi connectivity index (χ0) is 14.4. The Balaban J connectivity index is 1.85. The second-order valence-corrected chi connectivity index (χ2v) is 4.90. The summed E-state index contributed by atoms with van der Waals surface area (Å²) in [6.07, 6.45) is 0. The number of amides is 1. The van der Waals surface area contributed by atoms with Crippen LogP contribution in [0.5, 0.6) is 0 Å². The van der Waals surface area contributed by atoms with Crippen LogP contribution in [0.15, 0.2) is 24.3 Å². The molecule has 0 bridgehead atoms. The molecule has 1 amide bonds. The van der Waals surface area contributed by atoms with Gasteiger partial charge in [-0.05, 0) is 17.7 Å². The highest BCUT2D eigenvalue weighted by Gasteiger charge is 2.20. The first-order valence-electron chi connectivity index (χ1n) is 6.71. The summed E-state index contributed by atoms with van der Waals surface area (Å²) in [5.74, 6) is 0.0543. The van der Waals surface area contributed by atoms with Crippen LogP contribution in [-0.4, -0.2) is 55.6 Å². The molecule has 1 aromatic rings. The van der Waals surface area contributed by atoms with Crippen LogP contribution in [0.2, 0.25) is 0 Å². The van der Waals surface area contributed by atoms with E-state index in [0.29, 0.717) is 5.56 Å². The molecule has 5 nitrogen and oxygen atoms in total. The van der Waals surface area contributed by atoms with Crippen molar-refractivity contribution < 1.29 is 9.53 Å². The molecular formula is C15H19N3O2. The van der Waals surface area contributed by atoms with Crippen molar-refractivity contribution in [1.29, 1.82) is 5.26 Å². The van der Waals surface area contributed by atoms with Gasteiger partial charge in [-0.3, -0.25) is 9.69 Å². The van der Waals surface area contributed by atoms with Gasteiger partial charge in [-0.25, -0.2) is 0 Å². The minimum atomic E-state index is 0.0543. The van der Waals surface area contributed by atoms with Crippen LogP contribution >= 0.6 is 0 Å². The number of ether oxygens (including phenoxy) is 1. The van der Waals surface area contributed by atoms with E-state index in [1.165, 1.54) is 7.11 Å². The maximum absolute atomic E-state index is 11.7. The van der Waals surface area contributed by atoms with Crippen LogP contribution in [0.1, 0.15) is 11.1 Å². The van der Waals surface area contributed by atoms with Gasteiger partial charge in [0.1, 0.15) is 6.61 Å². The predicted molar refractivity (Wildman–Crippen MR) is 74.9 cm³/mol. The normalized spacial score (nSPS) is 15.9. The molecule has 0 spiro atoms. The number of benzene rings is 1. The molecule has 0 atom stereocenters. The second-order valence-electron chi connectivity index (χ2n) is 4.90. The zero-order valence-corrected chi connectivity index (χ0v) is 11.7. The third-order valence-electron chi connectivity index (χ3n) is 3.46. The number of piperazine rings is 1. The fourth-order valence-corrected chi connectivity index (χ4v) is 2.37. The molecule has 0 radical (unpaired) electrons. The molecule has 1 saturated heterocycles. The van der Waals surface area contributed by atoms with E-state index in [1.807, 2.05) is 29.2 Å². The Kier molecular flexibility index (Phi) is 5.10. The van der Waals surface area contributed by atoms with Crippen molar-refractivity contribution >= 4 is 5.91 Å². The Bertz CT molecular complexity index is 502. The summed E-state index contributed by atoms with van der Waals surface area (Å²) in [6, 6.07) is 9.82. The fourth-order valence-electron chi connectivity index (χ4n) is 2.37. The van der Waals surface area contributed by atoms with Gasteiger partial charge in [-0.1, -0.05) is 12.1 Å². The van der Waals surface area contributed by atoms with Gasteiger partial charge >= 0.3 is 0 Å². The average molecular weight is 273 g/mol. The maximum Gasteiger partial charge on any atom is 0.248 e. The highest BCUT2D eigenvalue weighted by molar-refractivity contribution is 5.77. The number of hydrogen-bond donors (Lipinski definition) is 0. The van der Waals surface area contributed by atoms with Crippen molar-refractivity contribution in [2.45, 2.75) is 6.54 Å². The van der Waals surface area contributed by atoms with Gasteiger partial charge in [0.25, 0.3) is 0 Å². The van der Waals surface area contributed by atoms with E-state index in [-0.39, 0.29) is 12.5 Å². The number of carbonyl (C=O) groups is 1. The Hall–Kier alpha value is -1.90. The highest BCUT2D eigenvalue weighted by Crippen LogP contribution is 2.10. The molecule has 1 fully saturated rings. The number of hydrogen-bond acceptors (Lipinski definition) is 4. The Morgan fingerprint density at radius 3 is 2.75 bits per heavy atom. The Labute approximate surface area is 119 Å². The van der Waals surface area contributed by atoms with Crippen molar-refractivity contribution in [3.8, 4) is 6.07 Å². The summed E-state index contributed by atoms with van der Waals surface area (Å²) < 4.78 is 4.87. The molecule has 0 aliphatic carbocycles. The first-order chi connectivity index (χ1) is 9.72. The maximum atomic E-state index is 11.7. The van der Waals surface area contributed by atoms with Crippen LogP contribution in [0.3, 0.4) is 0 Å². The van der Waals surface area contributed by atoms with Crippen molar-refractivity contribution in [3.63, 3.8) is 0 Å². The number of nitrogens with zero attached hydrogens (tertiary/aromatic N) is 3. The van der Waals surface area contributed by atoms with E-state index < -0.39 is 0 Å². The molecule has 5 heteroatoms. The van der Waals surface area contributed by atoms with Crippen molar-refractivity contribution in [2.24, 2.45) is 0 Å². The molecular weight excluding hydrogens is 254 g/mol. The van der Waals surface area contributed by atoms with Crippen LogP contribution in [-0.2, 0) is 16.1 Å². The lowest BCUT2D eigenvalue weighted by Gasteiger charge is -2.34. The summed E-state index contributed by atoms with van der Waals surface area (Å²) in [5.41, 5.74) is 1.83. The molecule has 1 aliphatic heterocycles. The van der Waals surface area contributed by atoms with Gasteiger partial charge in [0.2, 0.25) is 5.91 Å². The van der Waals surface area contributed by atoms with Crippen LogP contribution < -0.4 is 0 Å². The highest BCUT2D eigenvalue weighted by atomic mass is 16.5. The number of methoxy groups -OCH3 is 1. The standard InChI is InChI=1S/C15H19N3O2/c1-20-12-15(19)18-7-5-17(6-8-18)11-14-4-2-3-13(9-14)10-16/h2-4,9H,5-8,11-12H2,1H3. The summed E-state index contributed by atoms with van der Waals surface area (Å²) in [4.78, 5) is 15.8. The summed E-state index contributed by atoms with van der Waals surface area (Å²) in [6.45, 7) is 4.16. The molecule has 2 rings (SSSR count). The summed E-state index contributed by atoms with van der Waals surface area (Å²) >= 11 is 0. The fraction of sp³-hybridized carbons (Fsp3) is 0.467. The lowest BCUT2D eigenvalue weighted by Crippen LogP contribution is -2.49. The van der Waals surface area contributed by atoms with E-state index in [2.05, 4.69) is 11.0 Å². The van der Waals surface area contributed by atoms with E-state index >= 15 is 0 Å². The lowest BCUT2D eigenvalue weighted by atomic mass is 10.1. The second kappa shape index (κ2) is 7.04. The molecule has 0 saturated carbocycles. The van der Waals surface area contributed by atoms with Crippen molar-refractivity contribution in [3.05, 3.63) is 35.4 Å². The molecule has 1 heterocycles. The third kappa shape index (κ3) is 3.80. The van der Waals surface area contributed by atoms with Crippen molar-refractivity contribution in [1.82, 2.24) is 9.80 Å². The molecule has 1 aliphatic rings. The first kappa shape index (κ1) is 14.5. The van der Waals surface area contributed by atoms with E-state index in [4.69, 9.17) is 10.00 Å². The molecule has 20 heavy (non-hydrogen) atoms. The zero-order valence-electron chi connectivity index (χ0n) is 11.7. The van der Waals surface area contributed by atoms with Crippen LogP contribution in [0.4, 0.5) is 0 Å². The lowest BCUT2D eigenvalue weighted by molar-refractivity contribution is -0.136. The number of nitriles is 1. The minimum absolute atomic E-state index is 0.0543. The Morgan fingerprint density at radius 1 is 1.35 bits per heavy atom. The van der Waals surface area contributed by atoms with Gasteiger partial charge in [0.15, 0.2) is 0 Å². The minimum Gasteiger partial charge on any atom is -0.375 e. The van der Waals surface area contributed by atoms with Crippen LogP contribution in [0.25, 0.3) is 0 Å². The monoisotopic (exact) mass is 273 g/mol. The van der Waals surface area contributed by atoms with E-state index in [9.17, 15) is 4.79 Å². The molecule has 0 aromatic heterocycles. The molecule has 0 unspecified atom stereocenters. The van der Waals surface area contributed by atoms with Gasteiger partial charge < -0.3 is 9.64 Å². The number of rotatable bonds is 4. The predicted octanol–water partition coefficient (Wildman–Crippen LogP) is 0.849. The number of carbonyl (C=O) groups excluding carboxylic acids is 1. The quantitative estimate of drug-likeness (QED) is 0.816. The van der Waals surface area contributed by atoms with Gasteiger partial charge in [0, 0.05) is 39.8 Å². The smallest absolute Gasteiger partial charge is 0.248 e. The topological polar surface area (TPSA) is 56.6 Å². The van der Waals surface area contributed by atoms with E-state index in [0.717, 1.165) is 38.3 Å². The SMILES string of the molecule is COCC(=O)N1CCN(Cc2cccc(C#N)c2)CC1. The first-order valence-corrected chi connectivity index (χ1v) is 6.71. The van der Waals surface area contributed by atoms with Gasteiger partial charge in [-0.15, -0.1) is 0 Å². The van der Waals surface area contributed by atoms with Crippen molar-refractivity contribution in [2.75, 3.05) is 39.9 Å². The molecule has 0 N–H and O–H groups in total. The molecule has 106 valence electrons. The summed E-state index contributed by atoms with van der Waals surface area (Å²) in [7, 11) is 1.54. The third-order valence-corrected chi connectivity index (χ3v) is 3.46. The molecule has 1 aromatic carbocycles. The van der Waals surface area contributed by atoms with E-state index in [1.54, 1.807) is 0 Å². The Morgan fingerprint density at radius 2 is 2.10 bits per heavy atom. The van der Waals surface area contributed by atoms with Gasteiger partial charge in [0.05, 0.1) is 11.6 Å². The van der Waals surface area contributed by atoms with Gasteiger partial charge in [-0.2, -0.15) is 5.26 Å². The summed E-state index contributed by atoms with van der Waals surface area (Å²) in [5, 5.41) is 8.89.